The van der Waals surface area contributed by atoms with Crippen LogP contribution < -0.4 is 5.32 Å². The first kappa shape index (κ1) is 14.1. The third-order valence-corrected chi connectivity index (χ3v) is 4.80. The standard InChI is InChI=1S/C13H15N7O2S/c1-8(11-17-16-9-4-2-3-5-18(9)11)14-10-12(20(21)22)19-6-7-23-13(19)15-10/h6-8,14H,2-5H2,1H3. The van der Waals surface area contributed by atoms with Crippen LogP contribution in [0.3, 0.4) is 0 Å². The minimum absolute atomic E-state index is 0.0496. The molecule has 120 valence electrons. The SMILES string of the molecule is CC(Nc1nc2sccn2c1[N+](=O)[O-])c1nnc2n1CCCC2. The van der Waals surface area contributed by atoms with Crippen molar-refractivity contribution in [1.29, 1.82) is 0 Å². The average Bonchev–Trinajstić information content (AvgIpc) is 3.19. The fourth-order valence-corrected chi connectivity index (χ4v) is 3.67. The Morgan fingerprint density at radius 3 is 3.13 bits per heavy atom. The molecule has 0 spiro atoms. The predicted octanol–water partition coefficient (Wildman–Crippen LogP) is 2.40. The van der Waals surface area contributed by atoms with E-state index in [1.54, 1.807) is 11.6 Å². The van der Waals surface area contributed by atoms with Crippen molar-refractivity contribution in [2.75, 3.05) is 5.32 Å². The van der Waals surface area contributed by atoms with Gasteiger partial charge in [-0.15, -0.1) is 10.2 Å². The highest BCUT2D eigenvalue weighted by Gasteiger charge is 2.27. The number of thiazole rings is 1. The molecule has 1 atom stereocenters. The highest BCUT2D eigenvalue weighted by atomic mass is 32.1. The Morgan fingerprint density at radius 1 is 1.43 bits per heavy atom. The molecule has 0 bridgehead atoms. The van der Waals surface area contributed by atoms with Crippen LogP contribution in [-0.2, 0) is 13.0 Å². The number of imidazole rings is 1. The highest BCUT2D eigenvalue weighted by molar-refractivity contribution is 7.15. The van der Waals surface area contributed by atoms with Gasteiger partial charge in [0.1, 0.15) is 12.0 Å². The van der Waals surface area contributed by atoms with Crippen LogP contribution in [-0.4, -0.2) is 29.1 Å². The minimum atomic E-state index is -0.416. The molecule has 1 N–H and O–H groups in total. The van der Waals surface area contributed by atoms with Gasteiger partial charge in [0.2, 0.25) is 5.82 Å². The number of nitrogens with one attached hydrogen (secondary N) is 1. The van der Waals surface area contributed by atoms with Gasteiger partial charge in [0, 0.05) is 18.3 Å². The van der Waals surface area contributed by atoms with Crippen molar-refractivity contribution in [3.8, 4) is 0 Å². The van der Waals surface area contributed by atoms with E-state index in [1.165, 1.54) is 15.7 Å². The number of anilines is 1. The molecule has 3 aromatic rings. The smallest absolute Gasteiger partial charge is 0.358 e. The molecule has 0 saturated carbocycles. The van der Waals surface area contributed by atoms with Gasteiger partial charge in [-0.05, 0) is 24.7 Å². The fourth-order valence-electron chi connectivity index (χ4n) is 2.97. The number of fused-ring (bicyclic) bond motifs is 2. The van der Waals surface area contributed by atoms with Crippen molar-refractivity contribution < 1.29 is 4.92 Å². The van der Waals surface area contributed by atoms with Crippen LogP contribution in [0.4, 0.5) is 11.6 Å². The lowest BCUT2D eigenvalue weighted by atomic mass is 10.1. The van der Waals surface area contributed by atoms with E-state index in [2.05, 4.69) is 25.1 Å². The highest BCUT2D eigenvalue weighted by Crippen LogP contribution is 2.31. The Morgan fingerprint density at radius 2 is 2.30 bits per heavy atom. The monoisotopic (exact) mass is 333 g/mol. The molecule has 1 aliphatic heterocycles. The molecule has 3 aromatic heterocycles. The molecular formula is C13H15N7O2S. The summed E-state index contributed by atoms with van der Waals surface area (Å²) in [6.07, 6.45) is 4.81. The van der Waals surface area contributed by atoms with Crippen molar-refractivity contribution in [3.05, 3.63) is 33.3 Å². The maximum Gasteiger partial charge on any atom is 0.372 e. The van der Waals surface area contributed by atoms with Crippen molar-refractivity contribution in [3.63, 3.8) is 0 Å². The molecule has 4 rings (SSSR count). The molecule has 0 aliphatic carbocycles. The second-order valence-electron chi connectivity index (χ2n) is 5.55. The first-order valence-electron chi connectivity index (χ1n) is 7.43. The molecule has 1 unspecified atom stereocenters. The molecule has 0 saturated heterocycles. The van der Waals surface area contributed by atoms with Gasteiger partial charge in [-0.3, -0.25) is 0 Å². The molecule has 10 heteroatoms. The summed E-state index contributed by atoms with van der Waals surface area (Å²) in [6, 6.07) is -0.211. The van der Waals surface area contributed by atoms with Gasteiger partial charge in [0.15, 0.2) is 5.82 Å². The van der Waals surface area contributed by atoms with Gasteiger partial charge in [0.05, 0.1) is 6.04 Å². The zero-order valence-corrected chi connectivity index (χ0v) is 13.3. The summed E-state index contributed by atoms with van der Waals surface area (Å²) in [5, 5.41) is 24.8. The molecular weight excluding hydrogens is 318 g/mol. The zero-order chi connectivity index (χ0) is 16.0. The van der Waals surface area contributed by atoms with Crippen LogP contribution in [0, 0.1) is 10.1 Å². The van der Waals surface area contributed by atoms with Gasteiger partial charge < -0.3 is 20.0 Å². The maximum absolute atomic E-state index is 11.4. The number of hydrogen-bond acceptors (Lipinski definition) is 7. The summed E-state index contributed by atoms with van der Waals surface area (Å²) in [4.78, 5) is 15.9. The summed E-state index contributed by atoms with van der Waals surface area (Å²) in [5.74, 6) is 2.00. The first-order valence-corrected chi connectivity index (χ1v) is 8.31. The third-order valence-electron chi connectivity index (χ3n) is 4.04. The molecule has 0 fully saturated rings. The van der Waals surface area contributed by atoms with E-state index in [-0.39, 0.29) is 17.7 Å². The average molecular weight is 333 g/mol. The number of hydrogen-bond donors (Lipinski definition) is 1. The molecule has 1 aliphatic rings. The quantitative estimate of drug-likeness (QED) is 0.581. The van der Waals surface area contributed by atoms with Crippen LogP contribution in [0.5, 0.6) is 0 Å². The topological polar surface area (TPSA) is 103 Å². The number of rotatable bonds is 4. The van der Waals surface area contributed by atoms with Gasteiger partial charge in [0.25, 0.3) is 4.96 Å². The van der Waals surface area contributed by atoms with Crippen LogP contribution in [0.1, 0.15) is 37.5 Å². The molecule has 0 radical (unpaired) electrons. The van der Waals surface area contributed by atoms with E-state index >= 15 is 0 Å². The Balaban J connectivity index is 1.68. The molecule has 9 nitrogen and oxygen atoms in total. The molecule has 0 amide bonds. The lowest BCUT2D eigenvalue weighted by Gasteiger charge is -2.18. The normalized spacial score (nSPS) is 15.5. The summed E-state index contributed by atoms with van der Waals surface area (Å²) < 4.78 is 3.59. The third kappa shape index (κ3) is 2.25. The molecule has 0 aromatic carbocycles. The Bertz CT molecular complexity index is 880. The van der Waals surface area contributed by atoms with Crippen molar-refractivity contribution in [2.45, 2.75) is 38.8 Å². The van der Waals surface area contributed by atoms with Crippen molar-refractivity contribution >= 4 is 27.9 Å². The largest absolute Gasteiger partial charge is 0.372 e. The second kappa shape index (κ2) is 5.30. The summed E-state index contributed by atoms with van der Waals surface area (Å²) in [7, 11) is 0. The Labute approximate surface area is 135 Å². The summed E-state index contributed by atoms with van der Waals surface area (Å²) in [6.45, 7) is 2.81. The fraction of sp³-hybridized carbons (Fsp3) is 0.462. The summed E-state index contributed by atoms with van der Waals surface area (Å²) >= 11 is 1.36. The Kier molecular flexibility index (Phi) is 3.26. The number of nitrogens with zero attached hydrogens (tertiary/aromatic N) is 6. The molecule has 4 heterocycles. The summed E-state index contributed by atoms with van der Waals surface area (Å²) in [5.41, 5.74) is 0. The van der Waals surface area contributed by atoms with Gasteiger partial charge >= 0.3 is 5.82 Å². The number of nitro groups is 1. The molecule has 23 heavy (non-hydrogen) atoms. The lowest BCUT2D eigenvalue weighted by molar-refractivity contribution is -0.389. The van der Waals surface area contributed by atoms with Gasteiger partial charge in [-0.2, -0.15) is 9.38 Å². The van der Waals surface area contributed by atoms with E-state index in [9.17, 15) is 10.1 Å². The predicted molar refractivity (Wildman–Crippen MR) is 84.7 cm³/mol. The number of aryl methyl sites for hydroxylation is 1. The van der Waals surface area contributed by atoms with E-state index < -0.39 is 4.92 Å². The van der Waals surface area contributed by atoms with E-state index in [0.29, 0.717) is 4.96 Å². The van der Waals surface area contributed by atoms with Crippen LogP contribution in [0.15, 0.2) is 11.6 Å². The van der Waals surface area contributed by atoms with E-state index in [0.717, 1.165) is 37.5 Å². The van der Waals surface area contributed by atoms with Crippen molar-refractivity contribution in [1.82, 2.24) is 24.1 Å². The minimum Gasteiger partial charge on any atom is -0.358 e. The lowest BCUT2D eigenvalue weighted by Crippen LogP contribution is -2.18. The maximum atomic E-state index is 11.4. The Hall–Kier alpha value is -2.49. The van der Waals surface area contributed by atoms with E-state index in [1.807, 2.05) is 6.92 Å². The number of aromatic nitrogens is 5. The van der Waals surface area contributed by atoms with Crippen molar-refractivity contribution in [2.24, 2.45) is 0 Å². The van der Waals surface area contributed by atoms with Crippen LogP contribution in [0.25, 0.3) is 4.96 Å². The van der Waals surface area contributed by atoms with Crippen LogP contribution >= 0.6 is 11.3 Å². The first-order chi connectivity index (χ1) is 11.1. The van der Waals surface area contributed by atoms with E-state index in [4.69, 9.17) is 0 Å². The van der Waals surface area contributed by atoms with Crippen LogP contribution in [0.2, 0.25) is 0 Å². The second-order valence-corrected chi connectivity index (χ2v) is 6.42. The zero-order valence-electron chi connectivity index (χ0n) is 12.5. The van der Waals surface area contributed by atoms with Gasteiger partial charge in [-0.1, -0.05) is 11.3 Å². The van der Waals surface area contributed by atoms with Gasteiger partial charge in [-0.25, -0.2) is 0 Å².